The largest absolute Gasteiger partial charge is 0.418 e. The zero-order chi connectivity index (χ0) is 22.0. The first-order chi connectivity index (χ1) is 15.0. The standard InChI is InChI=1S/C22H19IN6O2/c1-13-18(9-6-16(12-24)19(13)23)26-20(14(2)30)22-28-27-21(31-22)15-4-7-17(8-5-15)29-11-3-10-25-29/h3-11,14,20,26,30H,1-2H3/t14-,20+/m0/s1. The van der Waals surface area contributed by atoms with Crippen LogP contribution in [0.2, 0.25) is 0 Å². The van der Waals surface area contributed by atoms with Gasteiger partial charge in [0.1, 0.15) is 12.1 Å². The maximum atomic E-state index is 10.4. The van der Waals surface area contributed by atoms with E-state index < -0.39 is 12.1 Å². The lowest BCUT2D eigenvalue weighted by Gasteiger charge is -2.21. The summed E-state index contributed by atoms with van der Waals surface area (Å²) in [7, 11) is 0. The number of rotatable bonds is 6. The monoisotopic (exact) mass is 526 g/mol. The first-order valence-corrected chi connectivity index (χ1v) is 10.6. The number of nitrogens with zero attached hydrogens (tertiary/aromatic N) is 5. The van der Waals surface area contributed by atoms with Crippen molar-refractivity contribution in [3.8, 4) is 23.2 Å². The van der Waals surface area contributed by atoms with Crippen molar-refractivity contribution in [2.45, 2.75) is 26.0 Å². The van der Waals surface area contributed by atoms with Gasteiger partial charge >= 0.3 is 0 Å². The van der Waals surface area contributed by atoms with E-state index in [0.29, 0.717) is 11.5 Å². The second-order valence-corrected chi connectivity index (χ2v) is 8.10. The minimum Gasteiger partial charge on any atom is -0.418 e. The van der Waals surface area contributed by atoms with Gasteiger partial charge < -0.3 is 14.8 Å². The minimum atomic E-state index is -0.789. The summed E-state index contributed by atoms with van der Waals surface area (Å²) >= 11 is 2.14. The smallest absolute Gasteiger partial charge is 0.247 e. The first-order valence-electron chi connectivity index (χ1n) is 9.55. The summed E-state index contributed by atoms with van der Waals surface area (Å²) in [5, 5.41) is 35.4. The van der Waals surface area contributed by atoms with Gasteiger partial charge in [-0.15, -0.1) is 10.2 Å². The Bertz CT molecular complexity index is 1230. The highest BCUT2D eigenvalue weighted by Crippen LogP contribution is 2.30. The summed E-state index contributed by atoms with van der Waals surface area (Å²) in [6.45, 7) is 3.58. The molecule has 0 bridgehead atoms. The van der Waals surface area contributed by atoms with E-state index in [1.807, 2.05) is 49.5 Å². The third-order valence-corrected chi connectivity index (χ3v) is 6.28. The topological polar surface area (TPSA) is 113 Å². The van der Waals surface area contributed by atoms with Gasteiger partial charge in [0.15, 0.2) is 0 Å². The maximum absolute atomic E-state index is 10.4. The van der Waals surface area contributed by atoms with E-state index in [2.05, 4.69) is 49.3 Å². The Labute approximate surface area is 192 Å². The molecule has 0 fully saturated rings. The molecule has 0 saturated carbocycles. The molecule has 2 aromatic heterocycles. The predicted octanol–water partition coefficient (Wildman–Crippen LogP) is 4.24. The minimum absolute atomic E-state index is 0.278. The summed E-state index contributed by atoms with van der Waals surface area (Å²) in [6.07, 6.45) is 2.80. The second kappa shape index (κ2) is 8.87. The van der Waals surface area contributed by atoms with E-state index in [9.17, 15) is 10.4 Å². The molecule has 2 N–H and O–H groups in total. The summed E-state index contributed by atoms with van der Waals surface area (Å²) in [6, 6.07) is 14.6. The fraction of sp³-hybridized carbons (Fsp3) is 0.182. The number of nitrogens with one attached hydrogen (secondary N) is 1. The highest BCUT2D eigenvalue weighted by Gasteiger charge is 2.25. The molecule has 2 heterocycles. The molecule has 4 aromatic rings. The van der Waals surface area contributed by atoms with Gasteiger partial charge in [-0.25, -0.2) is 4.68 Å². The molecule has 156 valence electrons. The van der Waals surface area contributed by atoms with Crippen molar-refractivity contribution in [2.24, 2.45) is 0 Å². The highest BCUT2D eigenvalue weighted by atomic mass is 127. The quantitative estimate of drug-likeness (QED) is 0.362. The lowest BCUT2D eigenvalue weighted by atomic mass is 10.1. The van der Waals surface area contributed by atoms with Gasteiger partial charge in [-0.2, -0.15) is 10.4 Å². The highest BCUT2D eigenvalue weighted by molar-refractivity contribution is 14.1. The summed E-state index contributed by atoms with van der Waals surface area (Å²) < 4.78 is 8.51. The van der Waals surface area contributed by atoms with E-state index in [4.69, 9.17) is 4.42 Å². The van der Waals surface area contributed by atoms with Crippen LogP contribution in [0.15, 0.2) is 59.3 Å². The Hall–Kier alpha value is -3.23. The third kappa shape index (κ3) is 4.30. The van der Waals surface area contributed by atoms with Gasteiger partial charge in [0.05, 0.1) is 17.4 Å². The predicted molar refractivity (Wildman–Crippen MR) is 124 cm³/mol. The van der Waals surface area contributed by atoms with E-state index >= 15 is 0 Å². The van der Waals surface area contributed by atoms with Crippen molar-refractivity contribution >= 4 is 28.3 Å². The van der Waals surface area contributed by atoms with Crippen LogP contribution in [0, 0.1) is 21.8 Å². The molecule has 0 aliphatic heterocycles. The number of benzene rings is 2. The number of anilines is 1. The summed E-state index contributed by atoms with van der Waals surface area (Å²) in [5.74, 6) is 0.639. The van der Waals surface area contributed by atoms with Gasteiger partial charge in [0, 0.05) is 27.2 Å². The molecule has 2 aromatic carbocycles. The van der Waals surface area contributed by atoms with Crippen molar-refractivity contribution < 1.29 is 9.52 Å². The van der Waals surface area contributed by atoms with Crippen LogP contribution >= 0.6 is 22.6 Å². The van der Waals surface area contributed by atoms with Crippen LogP contribution in [-0.4, -0.2) is 31.2 Å². The average molecular weight is 526 g/mol. The van der Waals surface area contributed by atoms with Crippen LogP contribution in [0.25, 0.3) is 17.1 Å². The molecule has 0 saturated heterocycles. The molecule has 2 atom stereocenters. The molecular formula is C22H19IN6O2. The van der Waals surface area contributed by atoms with E-state index in [1.165, 1.54) is 0 Å². The molecule has 0 amide bonds. The second-order valence-electron chi connectivity index (χ2n) is 7.02. The molecule has 0 spiro atoms. The van der Waals surface area contributed by atoms with E-state index in [0.717, 1.165) is 26.1 Å². The Morgan fingerprint density at radius 3 is 2.61 bits per heavy atom. The van der Waals surface area contributed by atoms with Crippen LogP contribution in [0.4, 0.5) is 5.69 Å². The fourth-order valence-corrected chi connectivity index (χ4v) is 3.73. The van der Waals surface area contributed by atoms with Crippen LogP contribution in [0.1, 0.15) is 30.0 Å². The van der Waals surface area contributed by atoms with E-state index in [1.54, 1.807) is 23.9 Å². The Kier molecular flexibility index (Phi) is 6.01. The fourth-order valence-electron chi connectivity index (χ4n) is 3.14. The molecule has 0 aliphatic carbocycles. The van der Waals surface area contributed by atoms with Crippen LogP contribution in [0.3, 0.4) is 0 Å². The first kappa shape index (κ1) is 21.0. The van der Waals surface area contributed by atoms with Crippen molar-refractivity contribution in [3.63, 3.8) is 0 Å². The SMILES string of the molecule is Cc1c(N[C@@H](c2nnc(-c3ccc(-n4cccn4)cc3)o2)[C@H](C)O)ccc(C#N)c1I. The van der Waals surface area contributed by atoms with Crippen molar-refractivity contribution in [1.82, 2.24) is 20.0 Å². The Balaban J connectivity index is 1.59. The van der Waals surface area contributed by atoms with Crippen molar-refractivity contribution in [2.75, 3.05) is 5.32 Å². The number of hydrogen-bond donors (Lipinski definition) is 2. The Morgan fingerprint density at radius 1 is 1.19 bits per heavy atom. The lowest BCUT2D eigenvalue weighted by molar-refractivity contribution is 0.159. The van der Waals surface area contributed by atoms with Crippen molar-refractivity contribution in [1.29, 1.82) is 5.26 Å². The normalized spacial score (nSPS) is 12.9. The molecule has 31 heavy (non-hydrogen) atoms. The third-order valence-electron chi connectivity index (χ3n) is 4.89. The molecule has 0 unspecified atom stereocenters. The average Bonchev–Trinajstić information content (AvgIpc) is 3.47. The maximum Gasteiger partial charge on any atom is 0.247 e. The zero-order valence-electron chi connectivity index (χ0n) is 16.8. The van der Waals surface area contributed by atoms with Crippen LogP contribution < -0.4 is 5.32 Å². The molecular weight excluding hydrogens is 507 g/mol. The number of aromatic nitrogens is 4. The summed E-state index contributed by atoms with van der Waals surface area (Å²) in [4.78, 5) is 0. The van der Waals surface area contributed by atoms with E-state index in [-0.39, 0.29) is 5.89 Å². The van der Waals surface area contributed by atoms with Gasteiger partial charge in [0.2, 0.25) is 11.8 Å². The zero-order valence-corrected chi connectivity index (χ0v) is 19.0. The molecule has 9 heteroatoms. The summed E-state index contributed by atoms with van der Waals surface area (Å²) in [5.41, 5.74) is 4.00. The number of nitriles is 1. The van der Waals surface area contributed by atoms with Crippen molar-refractivity contribution in [3.05, 3.63) is 75.4 Å². The van der Waals surface area contributed by atoms with Crippen LogP contribution in [-0.2, 0) is 0 Å². The molecule has 8 nitrogen and oxygen atoms in total. The molecule has 0 radical (unpaired) electrons. The lowest BCUT2D eigenvalue weighted by Crippen LogP contribution is -2.23. The number of aliphatic hydroxyl groups is 1. The van der Waals surface area contributed by atoms with Gasteiger partial charge in [-0.3, -0.25) is 0 Å². The van der Waals surface area contributed by atoms with Gasteiger partial charge in [-0.05, 0) is 84.5 Å². The molecule has 0 aliphatic rings. The number of hydrogen-bond acceptors (Lipinski definition) is 7. The number of halogens is 1. The van der Waals surface area contributed by atoms with Gasteiger partial charge in [-0.1, -0.05) is 0 Å². The van der Waals surface area contributed by atoms with Crippen LogP contribution in [0.5, 0.6) is 0 Å². The molecule has 4 rings (SSSR count). The van der Waals surface area contributed by atoms with Gasteiger partial charge in [0.25, 0.3) is 0 Å². The number of aliphatic hydroxyl groups excluding tert-OH is 1. The Morgan fingerprint density at radius 2 is 1.97 bits per heavy atom.